The Balaban J connectivity index is 2.44. The molecule has 0 aromatic heterocycles. The van der Waals surface area contributed by atoms with Gasteiger partial charge in [0.05, 0.1) is 12.1 Å². The molecule has 0 N–H and O–H groups in total. The van der Waals surface area contributed by atoms with Crippen LogP contribution in [0.15, 0.2) is 0 Å². The van der Waals surface area contributed by atoms with E-state index >= 15 is 0 Å². The second-order valence-corrected chi connectivity index (χ2v) is 3.38. The molecule has 12 heavy (non-hydrogen) atoms. The van der Waals surface area contributed by atoms with Crippen LogP contribution in [-0.2, 0) is 9.53 Å². The second-order valence-electron chi connectivity index (χ2n) is 3.38. The molecule has 1 rings (SSSR count). The number of ketones is 1. The molecule has 0 unspecified atom stereocenters. The molecule has 0 aromatic carbocycles. The summed E-state index contributed by atoms with van der Waals surface area (Å²) in [4.78, 5) is 13.2. The topological polar surface area (TPSA) is 29.5 Å². The second kappa shape index (κ2) is 4.01. The van der Waals surface area contributed by atoms with Crippen LogP contribution in [0.3, 0.4) is 0 Å². The van der Waals surface area contributed by atoms with E-state index < -0.39 is 0 Å². The highest BCUT2D eigenvalue weighted by atomic mass is 16.5. The lowest BCUT2D eigenvalue weighted by molar-refractivity contribution is -0.120. The number of hydrogen-bond acceptors (Lipinski definition) is 3. The zero-order chi connectivity index (χ0) is 9.14. The smallest absolute Gasteiger partial charge is 0.146 e. The lowest BCUT2D eigenvalue weighted by Crippen LogP contribution is -2.30. The molecule has 3 nitrogen and oxygen atoms in total. The number of likely N-dealkylation sites (tertiary alicyclic amines) is 1. The number of nitrogens with zero attached hydrogens (tertiary/aromatic N) is 1. The highest BCUT2D eigenvalue weighted by Gasteiger charge is 2.32. The van der Waals surface area contributed by atoms with E-state index in [1.165, 1.54) is 0 Å². The quantitative estimate of drug-likeness (QED) is 0.625. The van der Waals surface area contributed by atoms with E-state index in [4.69, 9.17) is 4.74 Å². The van der Waals surface area contributed by atoms with Crippen molar-refractivity contribution in [3.63, 3.8) is 0 Å². The molecule has 1 fully saturated rings. The number of Topliss-reactive ketones (excluding diaryl/α,β-unsaturated/α-hetero) is 1. The zero-order valence-electron chi connectivity index (χ0n) is 8.04. The summed E-state index contributed by atoms with van der Waals surface area (Å²) in [7, 11) is 1.98. The van der Waals surface area contributed by atoms with E-state index in [0.717, 1.165) is 19.6 Å². The number of carbonyl (C=O) groups excluding carboxylic acids is 1. The van der Waals surface area contributed by atoms with Gasteiger partial charge < -0.3 is 4.74 Å². The maximum Gasteiger partial charge on any atom is 0.146 e. The van der Waals surface area contributed by atoms with Crippen LogP contribution in [0, 0.1) is 0 Å². The first-order chi connectivity index (χ1) is 5.65. The Morgan fingerprint density at radius 1 is 1.67 bits per heavy atom. The molecule has 1 aliphatic heterocycles. The average Bonchev–Trinajstić information content (AvgIpc) is 2.32. The Hall–Kier alpha value is -0.410. The summed E-state index contributed by atoms with van der Waals surface area (Å²) in [5.74, 6) is 0.250. The van der Waals surface area contributed by atoms with Crippen molar-refractivity contribution in [3.8, 4) is 0 Å². The number of carbonyl (C=O) groups is 1. The molecule has 0 saturated carbocycles. The Morgan fingerprint density at radius 3 is 2.75 bits per heavy atom. The van der Waals surface area contributed by atoms with Crippen molar-refractivity contribution in [2.24, 2.45) is 0 Å². The van der Waals surface area contributed by atoms with E-state index in [0.29, 0.717) is 0 Å². The third-order valence-electron chi connectivity index (χ3n) is 2.38. The summed E-state index contributed by atoms with van der Waals surface area (Å²) in [6.45, 7) is 5.26. The minimum atomic E-state index is 0.0848. The zero-order valence-corrected chi connectivity index (χ0v) is 8.04. The Kier molecular flexibility index (Phi) is 3.23. The van der Waals surface area contributed by atoms with Gasteiger partial charge in [-0.25, -0.2) is 0 Å². The fourth-order valence-corrected chi connectivity index (χ4v) is 1.78. The summed E-state index contributed by atoms with van der Waals surface area (Å²) in [5, 5.41) is 0. The van der Waals surface area contributed by atoms with Gasteiger partial charge in [-0.1, -0.05) is 0 Å². The van der Waals surface area contributed by atoms with Crippen molar-refractivity contribution in [1.29, 1.82) is 0 Å². The van der Waals surface area contributed by atoms with Gasteiger partial charge in [-0.3, -0.25) is 9.69 Å². The predicted molar refractivity (Wildman–Crippen MR) is 47.1 cm³/mol. The summed E-state index contributed by atoms with van der Waals surface area (Å²) in [5.41, 5.74) is 0. The Labute approximate surface area is 73.7 Å². The maximum absolute atomic E-state index is 11.1. The molecule has 0 bridgehead atoms. The van der Waals surface area contributed by atoms with Gasteiger partial charge in [-0.2, -0.15) is 0 Å². The predicted octanol–water partition coefficient (Wildman–Crippen LogP) is 0.685. The minimum Gasteiger partial charge on any atom is -0.377 e. The molecule has 2 atom stereocenters. The van der Waals surface area contributed by atoms with Crippen molar-refractivity contribution in [1.82, 2.24) is 4.90 Å². The summed E-state index contributed by atoms with van der Waals surface area (Å²) in [6, 6.07) is 0.0848. The molecule has 1 saturated heterocycles. The van der Waals surface area contributed by atoms with Gasteiger partial charge in [0.15, 0.2) is 0 Å². The highest BCUT2D eigenvalue weighted by molar-refractivity contribution is 5.81. The third-order valence-corrected chi connectivity index (χ3v) is 2.38. The Morgan fingerprint density at radius 2 is 2.33 bits per heavy atom. The minimum absolute atomic E-state index is 0.0848. The molecule has 0 spiro atoms. The van der Waals surface area contributed by atoms with E-state index in [9.17, 15) is 4.79 Å². The van der Waals surface area contributed by atoms with Gasteiger partial charge in [0.25, 0.3) is 0 Å². The first kappa shape index (κ1) is 9.68. The third kappa shape index (κ3) is 2.05. The van der Waals surface area contributed by atoms with Crippen LogP contribution in [0.25, 0.3) is 0 Å². The molecule has 0 aliphatic carbocycles. The molecular formula is C9H17NO2. The fraction of sp³-hybridized carbons (Fsp3) is 0.889. The van der Waals surface area contributed by atoms with E-state index in [1.807, 2.05) is 14.0 Å². The molecule has 1 aliphatic rings. The number of hydrogen-bond donors (Lipinski definition) is 0. The Bertz CT molecular complexity index is 170. The summed E-state index contributed by atoms with van der Waals surface area (Å²) in [6.07, 6.45) is 1.12. The van der Waals surface area contributed by atoms with Crippen LogP contribution >= 0.6 is 0 Å². The lowest BCUT2D eigenvalue weighted by atomic mass is 10.1. The van der Waals surface area contributed by atoms with Crippen LogP contribution < -0.4 is 0 Å². The first-order valence-electron chi connectivity index (χ1n) is 4.47. The summed E-state index contributed by atoms with van der Waals surface area (Å²) < 4.78 is 5.46. The fourth-order valence-electron chi connectivity index (χ4n) is 1.78. The molecule has 1 heterocycles. The van der Waals surface area contributed by atoms with E-state index in [2.05, 4.69) is 4.90 Å². The normalized spacial score (nSPS) is 30.9. The number of likely N-dealkylation sites (N-methyl/N-ethyl adjacent to an activating group) is 1. The van der Waals surface area contributed by atoms with Gasteiger partial charge in [0, 0.05) is 13.2 Å². The van der Waals surface area contributed by atoms with Crippen molar-refractivity contribution >= 4 is 5.78 Å². The van der Waals surface area contributed by atoms with Crippen LogP contribution in [0.1, 0.15) is 20.3 Å². The molecule has 3 heteroatoms. The molecule has 70 valence electrons. The van der Waals surface area contributed by atoms with Crippen molar-refractivity contribution in [2.45, 2.75) is 32.4 Å². The SMILES string of the molecule is CCO[C@H]1C[C@@H](C(C)=O)N(C)C1. The highest BCUT2D eigenvalue weighted by Crippen LogP contribution is 2.18. The molecule has 0 aromatic rings. The van der Waals surface area contributed by atoms with Gasteiger partial charge in [0.1, 0.15) is 5.78 Å². The van der Waals surface area contributed by atoms with Gasteiger partial charge in [-0.15, -0.1) is 0 Å². The van der Waals surface area contributed by atoms with Gasteiger partial charge >= 0.3 is 0 Å². The van der Waals surface area contributed by atoms with E-state index in [-0.39, 0.29) is 17.9 Å². The van der Waals surface area contributed by atoms with Crippen LogP contribution in [0.5, 0.6) is 0 Å². The standard InChI is InChI=1S/C9H17NO2/c1-4-12-8-5-9(7(2)11)10(3)6-8/h8-9H,4-6H2,1-3H3/t8-,9-/m0/s1. The average molecular weight is 171 g/mol. The monoisotopic (exact) mass is 171 g/mol. The first-order valence-corrected chi connectivity index (χ1v) is 4.47. The molecule has 0 radical (unpaired) electrons. The van der Waals surface area contributed by atoms with Crippen molar-refractivity contribution < 1.29 is 9.53 Å². The van der Waals surface area contributed by atoms with Crippen molar-refractivity contribution in [3.05, 3.63) is 0 Å². The van der Waals surface area contributed by atoms with Crippen LogP contribution in [-0.4, -0.2) is 43.0 Å². The largest absolute Gasteiger partial charge is 0.377 e. The van der Waals surface area contributed by atoms with Crippen LogP contribution in [0.4, 0.5) is 0 Å². The molecule has 0 amide bonds. The number of ether oxygens (including phenoxy) is 1. The lowest BCUT2D eigenvalue weighted by Gasteiger charge is -2.14. The number of rotatable bonds is 3. The van der Waals surface area contributed by atoms with Gasteiger partial charge in [0.2, 0.25) is 0 Å². The van der Waals surface area contributed by atoms with Gasteiger partial charge in [-0.05, 0) is 27.3 Å². The maximum atomic E-state index is 11.1. The van der Waals surface area contributed by atoms with Crippen LogP contribution in [0.2, 0.25) is 0 Å². The molecular weight excluding hydrogens is 154 g/mol. The van der Waals surface area contributed by atoms with E-state index in [1.54, 1.807) is 6.92 Å². The summed E-state index contributed by atoms with van der Waals surface area (Å²) >= 11 is 0. The van der Waals surface area contributed by atoms with Crippen molar-refractivity contribution in [2.75, 3.05) is 20.2 Å².